The number of ketones is 2. The standard InChI is InChI=1S/C17H14O7S/c1-24-9-5-7-10(8-6-9)25-12-4-2-3-11-13(12)15(19)17(22,23)16(20,21)14(11)18/h2-8,20-23H,1H3. The average Bonchev–Trinajstić information content (AvgIpc) is 2.59. The third-order valence-electron chi connectivity index (χ3n) is 3.90. The highest BCUT2D eigenvalue weighted by molar-refractivity contribution is 7.99. The van der Waals surface area contributed by atoms with Gasteiger partial charge in [0, 0.05) is 20.9 Å². The summed E-state index contributed by atoms with van der Waals surface area (Å²) in [5, 5.41) is 39.0. The first-order chi connectivity index (χ1) is 11.7. The minimum atomic E-state index is -3.63. The summed E-state index contributed by atoms with van der Waals surface area (Å²) in [5.74, 6) is -9.32. The lowest BCUT2D eigenvalue weighted by Crippen LogP contribution is -2.66. The molecule has 2 aromatic carbocycles. The molecule has 0 saturated heterocycles. The third-order valence-corrected chi connectivity index (χ3v) is 4.97. The first kappa shape index (κ1) is 17.6. The zero-order valence-electron chi connectivity index (χ0n) is 13.0. The van der Waals surface area contributed by atoms with E-state index in [9.17, 15) is 30.0 Å². The lowest BCUT2D eigenvalue weighted by molar-refractivity contribution is -0.299. The quantitative estimate of drug-likeness (QED) is 0.585. The number of carbonyl (C=O) groups excluding carboxylic acids is 2. The molecule has 130 valence electrons. The summed E-state index contributed by atoms with van der Waals surface area (Å²) in [5.41, 5.74) is -0.552. The van der Waals surface area contributed by atoms with Crippen LogP contribution in [0, 0.1) is 0 Å². The maximum Gasteiger partial charge on any atom is 0.292 e. The van der Waals surface area contributed by atoms with Gasteiger partial charge in [0.25, 0.3) is 11.6 Å². The van der Waals surface area contributed by atoms with Crippen molar-refractivity contribution >= 4 is 23.3 Å². The highest BCUT2D eigenvalue weighted by Gasteiger charge is 2.63. The molecule has 1 aliphatic carbocycles. The number of hydrogen-bond acceptors (Lipinski definition) is 8. The molecule has 0 aromatic heterocycles. The van der Waals surface area contributed by atoms with Crippen LogP contribution in [0.2, 0.25) is 0 Å². The highest BCUT2D eigenvalue weighted by atomic mass is 32.2. The van der Waals surface area contributed by atoms with E-state index in [0.717, 1.165) is 11.8 Å². The Kier molecular flexibility index (Phi) is 4.18. The summed E-state index contributed by atoms with van der Waals surface area (Å²) in [6, 6.07) is 11.1. The number of hydrogen-bond donors (Lipinski definition) is 4. The minimum Gasteiger partial charge on any atom is -0.497 e. The predicted octanol–water partition coefficient (Wildman–Crippen LogP) is 0.587. The minimum absolute atomic E-state index is 0.267. The van der Waals surface area contributed by atoms with Crippen molar-refractivity contribution in [1.82, 2.24) is 0 Å². The molecule has 4 N–H and O–H groups in total. The number of rotatable bonds is 3. The number of benzene rings is 2. The van der Waals surface area contributed by atoms with Crippen LogP contribution in [-0.4, -0.2) is 50.7 Å². The monoisotopic (exact) mass is 362 g/mol. The Hall–Kier alpha value is -2.23. The molecule has 0 radical (unpaired) electrons. The fourth-order valence-corrected chi connectivity index (χ4v) is 3.47. The van der Waals surface area contributed by atoms with Crippen LogP contribution in [0.25, 0.3) is 0 Å². The summed E-state index contributed by atoms with van der Waals surface area (Å²) >= 11 is 1.11. The summed E-state index contributed by atoms with van der Waals surface area (Å²) < 4.78 is 5.06. The van der Waals surface area contributed by atoms with E-state index in [1.807, 2.05) is 0 Å². The van der Waals surface area contributed by atoms with Crippen molar-refractivity contribution in [2.45, 2.75) is 21.4 Å². The van der Waals surface area contributed by atoms with E-state index in [1.54, 1.807) is 24.3 Å². The molecule has 0 spiro atoms. The zero-order valence-corrected chi connectivity index (χ0v) is 13.8. The molecule has 0 amide bonds. The lowest BCUT2D eigenvalue weighted by Gasteiger charge is -2.37. The summed E-state index contributed by atoms with van der Waals surface area (Å²) in [7, 11) is 1.53. The Morgan fingerprint density at radius 2 is 1.48 bits per heavy atom. The van der Waals surface area contributed by atoms with Gasteiger partial charge >= 0.3 is 0 Å². The SMILES string of the molecule is COc1ccc(Sc2cccc3c2C(=O)C(O)(O)C(O)(O)C3=O)cc1. The molecular weight excluding hydrogens is 348 g/mol. The van der Waals surface area contributed by atoms with E-state index in [-0.39, 0.29) is 16.0 Å². The third kappa shape index (κ3) is 2.64. The van der Waals surface area contributed by atoms with E-state index < -0.39 is 23.1 Å². The van der Waals surface area contributed by atoms with Crippen LogP contribution in [0.3, 0.4) is 0 Å². The van der Waals surface area contributed by atoms with Crippen molar-refractivity contribution in [1.29, 1.82) is 0 Å². The van der Waals surface area contributed by atoms with Gasteiger partial charge in [0.1, 0.15) is 5.75 Å². The van der Waals surface area contributed by atoms with Gasteiger partial charge in [-0.1, -0.05) is 23.9 Å². The van der Waals surface area contributed by atoms with E-state index in [0.29, 0.717) is 10.6 Å². The zero-order chi connectivity index (χ0) is 18.4. The van der Waals surface area contributed by atoms with Crippen molar-refractivity contribution in [3.8, 4) is 5.75 Å². The molecule has 0 heterocycles. The topological polar surface area (TPSA) is 124 Å². The van der Waals surface area contributed by atoms with Crippen LogP contribution < -0.4 is 4.74 Å². The molecule has 25 heavy (non-hydrogen) atoms. The number of ether oxygens (including phenoxy) is 1. The maximum absolute atomic E-state index is 12.4. The molecule has 3 rings (SSSR count). The predicted molar refractivity (Wildman–Crippen MR) is 86.6 cm³/mol. The van der Waals surface area contributed by atoms with E-state index in [4.69, 9.17) is 4.74 Å². The van der Waals surface area contributed by atoms with Crippen LogP contribution in [0.15, 0.2) is 52.3 Å². The fraction of sp³-hybridized carbons (Fsp3) is 0.176. The molecule has 2 aromatic rings. The number of carbonyl (C=O) groups is 2. The van der Waals surface area contributed by atoms with Crippen LogP contribution in [0.1, 0.15) is 20.7 Å². The van der Waals surface area contributed by atoms with Gasteiger partial charge in [0.05, 0.1) is 7.11 Å². The molecule has 1 aliphatic rings. The van der Waals surface area contributed by atoms with Crippen LogP contribution >= 0.6 is 11.8 Å². The Balaban J connectivity index is 2.09. The van der Waals surface area contributed by atoms with Gasteiger partial charge in [0.2, 0.25) is 11.6 Å². The van der Waals surface area contributed by atoms with Gasteiger partial charge in [-0.2, -0.15) is 0 Å². The van der Waals surface area contributed by atoms with Gasteiger partial charge in [-0.05, 0) is 30.3 Å². The summed E-state index contributed by atoms with van der Waals surface area (Å²) in [6.07, 6.45) is 0. The van der Waals surface area contributed by atoms with Crippen molar-refractivity contribution in [3.63, 3.8) is 0 Å². The molecule has 0 fully saturated rings. The number of aliphatic hydroxyl groups is 4. The number of Topliss-reactive ketones (excluding diaryl/α,β-unsaturated/α-hetero) is 2. The van der Waals surface area contributed by atoms with Gasteiger partial charge in [-0.3, -0.25) is 9.59 Å². The maximum atomic E-state index is 12.4. The van der Waals surface area contributed by atoms with Crippen LogP contribution in [-0.2, 0) is 0 Å². The first-order valence-corrected chi connectivity index (χ1v) is 7.96. The fourth-order valence-electron chi connectivity index (χ4n) is 2.49. The van der Waals surface area contributed by atoms with E-state index >= 15 is 0 Å². The van der Waals surface area contributed by atoms with Crippen LogP contribution in [0.5, 0.6) is 5.75 Å². The molecule has 0 unspecified atom stereocenters. The van der Waals surface area contributed by atoms with Crippen molar-refractivity contribution in [3.05, 3.63) is 53.6 Å². The number of fused-ring (bicyclic) bond motifs is 1. The molecule has 0 aliphatic heterocycles. The second-order valence-corrected chi connectivity index (χ2v) is 6.57. The first-order valence-electron chi connectivity index (χ1n) is 7.14. The molecule has 8 heteroatoms. The van der Waals surface area contributed by atoms with Gasteiger partial charge in [-0.15, -0.1) is 0 Å². The molecule has 0 atom stereocenters. The van der Waals surface area contributed by atoms with Crippen molar-refractivity contribution in [2.24, 2.45) is 0 Å². The van der Waals surface area contributed by atoms with E-state index in [1.165, 1.54) is 25.3 Å². The Morgan fingerprint density at radius 3 is 2.08 bits per heavy atom. The van der Waals surface area contributed by atoms with Crippen LogP contribution in [0.4, 0.5) is 0 Å². The normalized spacial score (nSPS) is 18.0. The summed E-state index contributed by atoms with van der Waals surface area (Å²) in [4.78, 5) is 25.6. The summed E-state index contributed by atoms with van der Waals surface area (Å²) in [6.45, 7) is 0. The largest absolute Gasteiger partial charge is 0.497 e. The second-order valence-electron chi connectivity index (χ2n) is 5.46. The second kappa shape index (κ2) is 5.94. The van der Waals surface area contributed by atoms with Gasteiger partial charge in [0.15, 0.2) is 0 Å². The average molecular weight is 362 g/mol. The molecule has 7 nitrogen and oxygen atoms in total. The smallest absolute Gasteiger partial charge is 0.292 e. The van der Waals surface area contributed by atoms with Crippen molar-refractivity contribution < 1.29 is 34.8 Å². The molecular formula is C17H14O7S. The molecule has 0 bridgehead atoms. The molecule has 0 saturated carbocycles. The Bertz CT molecular complexity index is 856. The highest BCUT2D eigenvalue weighted by Crippen LogP contribution is 2.40. The Morgan fingerprint density at radius 1 is 0.880 bits per heavy atom. The van der Waals surface area contributed by atoms with Gasteiger partial charge < -0.3 is 25.2 Å². The van der Waals surface area contributed by atoms with Crippen molar-refractivity contribution in [2.75, 3.05) is 7.11 Å². The van der Waals surface area contributed by atoms with E-state index in [2.05, 4.69) is 0 Å². The lowest BCUT2D eigenvalue weighted by atomic mass is 9.80. The van der Waals surface area contributed by atoms with Gasteiger partial charge in [-0.25, -0.2) is 0 Å². The number of methoxy groups -OCH3 is 1. The Labute approximate surface area is 146 Å².